The molecule has 0 spiro atoms. The Kier molecular flexibility index (Phi) is 4.93. The van der Waals surface area contributed by atoms with Gasteiger partial charge in [-0.2, -0.15) is 0 Å². The largest absolute Gasteiger partial charge is 0.681 e. The van der Waals surface area contributed by atoms with Gasteiger partial charge in [0.15, 0.2) is 0 Å². The molecule has 2 nitrogen and oxygen atoms in total. The van der Waals surface area contributed by atoms with Gasteiger partial charge in [-0.05, 0) is 0 Å². The molecule has 0 N–H and O–H groups in total. The molecule has 0 heterocycles. The zero-order valence-electron chi connectivity index (χ0n) is 9.85. The number of halogens is 1. The van der Waals surface area contributed by atoms with E-state index in [1.165, 1.54) is 0 Å². The highest BCUT2D eigenvalue weighted by Gasteiger charge is 2.24. The maximum Gasteiger partial charge on any atom is 0.681 e. The van der Waals surface area contributed by atoms with Gasteiger partial charge in [-0.1, -0.05) is 72.9 Å². The summed E-state index contributed by atoms with van der Waals surface area (Å²) in [6.45, 7) is 0. The van der Waals surface area contributed by atoms with Gasteiger partial charge < -0.3 is 9.31 Å². The molecule has 0 aromatic carbocycles. The van der Waals surface area contributed by atoms with E-state index < -0.39 is 19.6 Å². The van der Waals surface area contributed by atoms with Gasteiger partial charge in [-0.15, -0.1) is 0 Å². The highest BCUT2D eigenvalue weighted by Crippen LogP contribution is 2.09. The Hall–Kier alpha value is -1.65. The van der Waals surface area contributed by atoms with Crippen molar-refractivity contribution in [2.75, 3.05) is 0 Å². The first kappa shape index (κ1) is 12.8. The maximum absolute atomic E-state index is 13.6. The first-order chi connectivity index (χ1) is 8.84. The van der Waals surface area contributed by atoms with Crippen molar-refractivity contribution in [3.05, 3.63) is 72.9 Å². The van der Waals surface area contributed by atoms with Crippen molar-refractivity contribution in [1.29, 1.82) is 0 Å². The van der Waals surface area contributed by atoms with Crippen LogP contribution in [-0.4, -0.2) is 19.6 Å². The number of hydrogen-bond acceptors (Lipinski definition) is 2. The van der Waals surface area contributed by atoms with Gasteiger partial charge in [0.25, 0.3) is 0 Å². The highest BCUT2D eigenvalue weighted by atomic mass is 19.1. The van der Waals surface area contributed by atoms with Gasteiger partial charge in [-0.25, -0.2) is 0 Å². The second-order valence-corrected chi connectivity index (χ2v) is 3.79. The molecule has 0 bridgehead atoms. The third kappa shape index (κ3) is 4.32. The third-order valence-corrected chi connectivity index (χ3v) is 2.40. The summed E-state index contributed by atoms with van der Waals surface area (Å²) in [6.07, 6.45) is 20.9. The third-order valence-electron chi connectivity index (χ3n) is 2.40. The van der Waals surface area contributed by atoms with Crippen LogP contribution in [-0.2, 0) is 9.31 Å². The first-order valence-electron chi connectivity index (χ1n) is 5.83. The maximum atomic E-state index is 13.6. The number of allylic oxidation sites excluding steroid dienone is 8. The lowest BCUT2D eigenvalue weighted by Gasteiger charge is -2.14. The van der Waals surface area contributed by atoms with Gasteiger partial charge in [-0.3, -0.25) is 4.32 Å². The van der Waals surface area contributed by atoms with E-state index in [4.69, 9.17) is 9.31 Å². The van der Waals surface area contributed by atoms with E-state index in [1.807, 2.05) is 48.6 Å². The molecule has 0 unspecified atom stereocenters. The molecule has 2 aliphatic rings. The summed E-state index contributed by atoms with van der Waals surface area (Å²) >= 11 is 0. The molecule has 0 radical (unpaired) electrons. The van der Waals surface area contributed by atoms with Crippen molar-refractivity contribution in [2.24, 2.45) is 0 Å². The molecule has 0 aliphatic heterocycles. The van der Waals surface area contributed by atoms with E-state index in [-0.39, 0.29) is 0 Å². The minimum absolute atomic E-state index is 0.410. The first-order valence-corrected chi connectivity index (χ1v) is 5.83. The predicted molar refractivity (Wildman–Crippen MR) is 71.4 cm³/mol. The van der Waals surface area contributed by atoms with Crippen molar-refractivity contribution in [3.8, 4) is 0 Å². The molecule has 0 saturated heterocycles. The molecule has 0 aromatic rings. The molecule has 4 heteroatoms. The minimum atomic E-state index is -1.76. The molecule has 0 amide bonds. The van der Waals surface area contributed by atoms with Crippen LogP contribution >= 0.6 is 0 Å². The van der Waals surface area contributed by atoms with E-state index in [9.17, 15) is 4.32 Å². The Morgan fingerprint density at radius 1 is 0.611 bits per heavy atom. The average molecular weight is 244 g/mol. The van der Waals surface area contributed by atoms with Crippen molar-refractivity contribution in [3.63, 3.8) is 0 Å². The van der Waals surface area contributed by atoms with Crippen molar-refractivity contribution >= 4 is 7.40 Å². The quantitative estimate of drug-likeness (QED) is 0.707. The van der Waals surface area contributed by atoms with Crippen LogP contribution in [0.1, 0.15) is 0 Å². The van der Waals surface area contributed by atoms with E-state index in [2.05, 4.69) is 0 Å². The lowest BCUT2D eigenvalue weighted by Crippen LogP contribution is -2.26. The van der Waals surface area contributed by atoms with Crippen molar-refractivity contribution < 1.29 is 13.6 Å². The fourth-order valence-corrected chi connectivity index (χ4v) is 1.54. The summed E-state index contributed by atoms with van der Waals surface area (Å²) in [6, 6.07) is 0. The molecule has 0 atom stereocenters. The highest BCUT2D eigenvalue weighted by molar-refractivity contribution is 6.35. The standard InChI is InChI=1S/C14H14BFO2/c16-15(17-13-9-5-1-2-6-10-13)18-14-11-7-3-4-8-12-14/h1-14H. The van der Waals surface area contributed by atoms with Gasteiger partial charge in [0.2, 0.25) is 0 Å². The molecule has 2 aliphatic carbocycles. The topological polar surface area (TPSA) is 18.5 Å². The summed E-state index contributed by atoms with van der Waals surface area (Å²) < 4.78 is 23.9. The average Bonchev–Trinajstić information content (AvgIpc) is 2.74. The molecule has 0 fully saturated rings. The number of rotatable bonds is 4. The van der Waals surface area contributed by atoms with Gasteiger partial charge >= 0.3 is 7.40 Å². The lowest BCUT2D eigenvalue weighted by molar-refractivity contribution is 0.142. The fourth-order valence-electron chi connectivity index (χ4n) is 1.54. The Morgan fingerprint density at radius 3 is 1.28 bits per heavy atom. The van der Waals surface area contributed by atoms with Crippen molar-refractivity contribution in [1.82, 2.24) is 0 Å². The summed E-state index contributed by atoms with van der Waals surface area (Å²) in [5.74, 6) is 0. The summed E-state index contributed by atoms with van der Waals surface area (Å²) in [7, 11) is -1.76. The summed E-state index contributed by atoms with van der Waals surface area (Å²) in [4.78, 5) is 0. The van der Waals surface area contributed by atoms with Crippen LogP contribution in [0.3, 0.4) is 0 Å². The Morgan fingerprint density at radius 2 is 0.944 bits per heavy atom. The zero-order valence-corrected chi connectivity index (χ0v) is 9.85. The Bertz CT molecular complexity index is 363. The van der Waals surface area contributed by atoms with Crippen LogP contribution in [0.2, 0.25) is 0 Å². The molecule has 0 saturated carbocycles. The zero-order chi connectivity index (χ0) is 12.6. The van der Waals surface area contributed by atoms with Gasteiger partial charge in [0.05, 0.1) is 12.2 Å². The van der Waals surface area contributed by atoms with Crippen LogP contribution < -0.4 is 0 Å². The SMILES string of the molecule is FB(OC1C=CC=CC=C1)OC1C=CC=CC=C1. The Balaban J connectivity index is 1.83. The second kappa shape index (κ2) is 6.94. The van der Waals surface area contributed by atoms with Crippen molar-refractivity contribution in [2.45, 2.75) is 12.2 Å². The smallest absolute Gasteiger partial charge is 0.372 e. The van der Waals surface area contributed by atoms with Crippen LogP contribution in [0, 0.1) is 0 Å². The lowest BCUT2D eigenvalue weighted by atomic mass is 10.2. The predicted octanol–water partition coefficient (Wildman–Crippen LogP) is 3.08. The molecule has 0 aromatic heterocycles. The molecule has 92 valence electrons. The minimum Gasteiger partial charge on any atom is -0.372 e. The van der Waals surface area contributed by atoms with Crippen LogP contribution in [0.4, 0.5) is 4.32 Å². The van der Waals surface area contributed by atoms with E-state index >= 15 is 0 Å². The summed E-state index contributed by atoms with van der Waals surface area (Å²) in [5.41, 5.74) is 0. The van der Waals surface area contributed by atoms with E-state index in [0.717, 1.165) is 0 Å². The molecule has 18 heavy (non-hydrogen) atoms. The molecular formula is C14H14BFO2. The fraction of sp³-hybridized carbons (Fsp3) is 0.143. The van der Waals surface area contributed by atoms with Gasteiger partial charge in [0.1, 0.15) is 0 Å². The van der Waals surface area contributed by atoms with Crippen LogP contribution in [0.5, 0.6) is 0 Å². The number of hydrogen-bond donors (Lipinski definition) is 0. The summed E-state index contributed by atoms with van der Waals surface area (Å²) in [5, 5.41) is 0. The van der Waals surface area contributed by atoms with E-state index in [0.29, 0.717) is 0 Å². The normalized spacial score (nSPS) is 19.2. The van der Waals surface area contributed by atoms with E-state index in [1.54, 1.807) is 24.3 Å². The Labute approximate surface area is 107 Å². The molecular weight excluding hydrogens is 230 g/mol. The van der Waals surface area contributed by atoms with Gasteiger partial charge in [0, 0.05) is 0 Å². The van der Waals surface area contributed by atoms with Crippen LogP contribution in [0.15, 0.2) is 72.9 Å². The van der Waals surface area contributed by atoms with Crippen LogP contribution in [0.25, 0.3) is 0 Å². The second-order valence-electron chi connectivity index (χ2n) is 3.79. The monoisotopic (exact) mass is 244 g/mol. The molecule has 2 rings (SSSR count).